The van der Waals surface area contributed by atoms with Crippen LogP contribution in [0.4, 0.5) is 0 Å². The zero-order chi connectivity index (χ0) is 18.4. The van der Waals surface area contributed by atoms with Gasteiger partial charge in [0.15, 0.2) is 6.10 Å². The molecule has 0 aromatic rings. The normalized spacial score (nSPS) is 15.3. The number of aliphatic hydroxyl groups is 2. The topological polar surface area (TPSA) is 170 Å². The molecule has 10 heteroatoms. The van der Waals surface area contributed by atoms with Crippen molar-refractivity contribution in [2.24, 2.45) is 5.73 Å². The first kappa shape index (κ1) is 23.9. The van der Waals surface area contributed by atoms with E-state index in [0.29, 0.717) is 20.0 Å². The van der Waals surface area contributed by atoms with Gasteiger partial charge in [0.05, 0.1) is 0 Å². The number of hydrogen-bond donors (Lipinski definition) is 6. The quantitative estimate of drug-likeness (QED) is 0.253. The van der Waals surface area contributed by atoms with Gasteiger partial charge < -0.3 is 15.9 Å². The van der Waals surface area contributed by atoms with E-state index in [2.05, 4.69) is 5.32 Å². The van der Waals surface area contributed by atoms with E-state index in [1.54, 1.807) is 0 Å². The summed E-state index contributed by atoms with van der Waals surface area (Å²) in [6.45, 7) is 3.76. The molecule has 134 valence electrons. The minimum atomic E-state index is -1.44. The predicted molar refractivity (Wildman–Crippen MR) is 83.3 cm³/mol. The molecule has 0 aromatic carbocycles. The van der Waals surface area contributed by atoms with Crippen molar-refractivity contribution in [1.82, 2.24) is 5.32 Å². The van der Waals surface area contributed by atoms with E-state index in [9.17, 15) is 14.3 Å². The molecule has 0 amide bonds. The van der Waals surface area contributed by atoms with Crippen LogP contribution in [0.5, 0.6) is 0 Å². The summed E-state index contributed by atoms with van der Waals surface area (Å²) in [6, 6.07) is -1.19. The summed E-state index contributed by atoms with van der Waals surface area (Å²) >= 11 is 0. The molecule has 0 fully saturated rings. The second-order valence-electron chi connectivity index (χ2n) is 4.99. The molecule has 0 saturated heterocycles. The maximum atomic E-state index is 10.4. The molecule has 4 atom stereocenters. The Morgan fingerprint density at radius 2 is 1.52 bits per heavy atom. The van der Waals surface area contributed by atoms with Gasteiger partial charge in [0, 0.05) is 6.04 Å². The molecule has 0 spiro atoms. The summed E-state index contributed by atoms with van der Waals surface area (Å²) < 4.78 is 10.0. The second-order valence-corrected chi connectivity index (χ2v) is 4.99. The first-order valence-electron chi connectivity index (χ1n) is 7.47. The van der Waals surface area contributed by atoms with E-state index < -0.39 is 36.2 Å². The van der Waals surface area contributed by atoms with E-state index >= 15 is 0 Å². The van der Waals surface area contributed by atoms with Crippen LogP contribution in [-0.2, 0) is 14.3 Å². The Morgan fingerprint density at radius 1 is 1.04 bits per heavy atom. The van der Waals surface area contributed by atoms with Crippen LogP contribution in [0.3, 0.4) is 0 Å². The summed E-state index contributed by atoms with van der Waals surface area (Å²) in [4.78, 5) is 20.5. The van der Waals surface area contributed by atoms with Gasteiger partial charge in [-0.05, 0) is 6.42 Å². The summed E-state index contributed by atoms with van der Waals surface area (Å²) in [6.07, 6.45) is -0.198. The molecule has 0 heterocycles. The SMILES string of the molecule is CCCC(N)C(O)C(=O)O.CCCC(NCB=O)C(O)C(=O)O. The van der Waals surface area contributed by atoms with Gasteiger partial charge in [-0.1, -0.05) is 13.3 Å². The zero-order valence-corrected chi connectivity index (χ0v) is 13.5. The van der Waals surface area contributed by atoms with Gasteiger partial charge in [0.1, 0.15) is 0 Å². The third-order valence-electron chi connectivity index (χ3n) is 2.98. The van der Waals surface area contributed by atoms with Crippen molar-refractivity contribution in [3.63, 3.8) is 0 Å². The Morgan fingerprint density at radius 3 is 1.87 bits per heavy atom. The Hall–Kier alpha value is -1.36. The monoisotopic (exact) mass is 334 g/mol. The number of nitrogens with two attached hydrogens (primary N) is 1. The van der Waals surface area contributed by atoms with Gasteiger partial charge >= 0.3 is 82.5 Å². The van der Waals surface area contributed by atoms with Gasteiger partial charge in [0.2, 0.25) is 0 Å². The molecule has 0 rings (SSSR count). The molecule has 0 aliphatic heterocycles. The average molecular weight is 334 g/mol. The Labute approximate surface area is 136 Å². The van der Waals surface area contributed by atoms with Crippen LogP contribution in [0.1, 0.15) is 39.5 Å². The van der Waals surface area contributed by atoms with E-state index in [1.165, 1.54) is 0 Å². The number of nitrogens with one attached hydrogen (secondary N) is 1. The fourth-order valence-corrected chi connectivity index (χ4v) is 1.73. The number of aliphatic hydroxyl groups excluding tert-OH is 2. The standard InChI is InChI=1S/C7H14BNO4.C6H13NO3/c1-2-3-5(9-4-8-13)6(10)7(11)12;1-2-3-4(7)5(8)6(9)10/h5-6,9-10H,2-4H2,1H3,(H,11,12);4-5,8H,2-3,7H2,1H3,(H,9,10). The fraction of sp³-hybridized carbons (Fsp3) is 0.846. The number of carboxylic acids is 2. The van der Waals surface area contributed by atoms with Crippen molar-refractivity contribution in [3.8, 4) is 0 Å². The Kier molecular flexibility index (Phi) is 14.8. The van der Waals surface area contributed by atoms with Gasteiger partial charge in [-0.2, -0.15) is 0 Å². The van der Waals surface area contributed by atoms with E-state index in [1.807, 2.05) is 13.8 Å². The summed E-state index contributed by atoms with van der Waals surface area (Å²) in [5.41, 5.74) is 5.30. The van der Waals surface area contributed by atoms with Crippen LogP contribution < -0.4 is 11.1 Å². The van der Waals surface area contributed by atoms with Gasteiger partial charge in [-0.3, -0.25) is 0 Å². The van der Waals surface area contributed by atoms with E-state index in [4.69, 9.17) is 26.2 Å². The van der Waals surface area contributed by atoms with Crippen LogP contribution in [0.15, 0.2) is 0 Å². The molecule has 0 saturated carbocycles. The maximum absolute atomic E-state index is 10.4. The summed E-state index contributed by atoms with van der Waals surface area (Å²) in [7, 11) is 0.636. The number of carbonyl (C=O) groups is 2. The Balaban J connectivity index is 0. The van der Waals surface area contributed by atoms with Crippen molar-refractivity contribution in [2.45, 2.75) is 63.8 Å². The number of aliphatic carboxylic acids is 2. The number of hydrogen-bond acceptors (Lipinski definition) is 7. The van der Waals surface area contributed by atoms with Gasteiger partial charge in [-0.15, -0.1) is 0 Å². The fourth-order valence-electron chi connectivity index (χ4n) is 1.73. The van der Waals surface area contributed by atoms with E-state index in [-0.39, 0.29) is 6.44 Å². The molecule has 0 radical (unpaired) electrons. The molecular weight excluding hydrogens is 307 g/mol. The molecule has 0 aliphatic rings. The predicted octanol–water partition coefficient (Wildman–Crippen LogP) is -1.24. The van der Waals surface area contributed by atoms with Crippen molar-refractivity contribution >= 4 is 19.1 Å². The van der Waals surface area contributed by atoms with Crippen molar-refractivity contribution in [3.05, 3.63) is 0 Å². The average Bonchev–Trinajstić information content (AvgIpc) is 2.50. The molecule has 23 heavy (non-hydrogen) atoms. The molecule has 0 aromatic heterocycles. The van der Waals surface area contributed by atoms with Crippen LogP contribution in [0.2, 0.25) is 0 Å². The minimum absolute atomic E-state index is 0.0645. The second kappa shape index (κ2) is 14.3. The van der Waals surface area contributed by atoms with Gasteiger partial charge in [0.25, 0.3) is 0 Å². The summed E-state index contributed by atoms with van der Waals surface area (Å²) in [5, 5.41) is 37.4. The van der Waals surface area contributed by atoms with Crippen molar-refractivity contribution in [1.29, 1.82) is 0 Å². The third-order valence-corrected chi connectivity index (χ3v) is 2.98. The molecular formula is C13H27BN2O7. The molecule has 0 bridgehead atoms. The molecule has 0 aliphatic carbocycles. The van der Waals surface area contributed by atoms with E-state index in [0.717, 1.165) is 12.8 Å². The summed E-state index contributed by atoms with van der Waals surface area (Å²) in [5.74, 6) is -2.52. The zero-order valence-electron chi connectivity index (χ0n) is 13.5. The Bertz CT molecular complexity index is 357. The molecule has 4 unspecified atom stereocenters. The van der Waals surface area contributed by atoms with Crippen LogP contribution in [0.25, 0.3) is 0 Å². The first-order chi connectivity index (χ1) is 10.7. The van der Waals surface area contributed by atoms with Crippen molar-refractivity contribution in [2.75, 3.05) is 6.44 Å². The first-order valence-corrected chi connectivity index (χ1v) is 7.47. The number of carboxylic acid groups (broad SMARTS) is 2. The van der Waals surface area contributed by atoms with Crippen LogP contribution in [-0.4, -0.2) is 70.3 Å². The molecule has 9 nitrogen and oxygen atoms in total. The number of rotatable bonds is 11. The van der Waals surface area contributed by atoms with Crippen LogP contribution in [0, 0.1) is 0 Å². The van der Waals surface area contributed by atoms with Gasteiger partial charge in [-0.25, -0.2) is 4.79 Å². The van der Waals surface area contributed by atoms with Crippen LogP contribution >= 0.6 is 0 Å². The molecule has 7 N–H and O–H groups in total. The third kappa shape index (κ3) is 11.8. The van der Waals surface area contributed by atoms with Crippen molar-refractivity contribution < 1.29 is 34.7 Å².